The molecule has 18 heavy (non-hydrogen) atoms. The van der Waals surface area contributed by atoms with Gasteiger partial charge in [-0.1, -0.05) is 36.7 Å². The highest BCUT2D eigenvalue weighted by molar-refractivity contribution is 6.30. The first-order chi connectivity index (χ1) is 8.54. The van der Waals surface area contributed by atoms with Crippen LogP contribution >= 0.6 is 11.6 Å². The van der Waals surface area contributed by atoms with Gasteiger partial charge in [0.05, 0.1) is 0 Å². The van der Waals surface area contributed by atoms with E-state index in [1.165, 1.54) is 0 Å². The summed E-state index contributed by atoms with van der Waals surface area (Å²) in [6, 6.07) is 7.77. The molecule has 0 aromatic heterocycles. The molecule has 0 saturated heterocycles. The molecular weight excluding hydrogens is 250 g/mol. The van der Waals surface area contributed by atoms with Crippen LogP contribution in [-0.4, -0.2) is 17.6 Å². The first kappa shape index (κ1) is 14.7. The van der Waals surface area contributed by atoms with Crippen LogP contribution in [0.1, 0.15) is 31.9 Å². The van der Waals surface area contributed by atoms with Crippen molar-refractivity contribution in [3.8, 4) is 0 Å². The molecule has 0 spiro atoms. The molecule has 1 aromatic carbocycles. The smallest absolute Gasteiger partial charge is 0.331 e. The minimum atomic E-state index is -0.849. The van der Waals surface area contributed by atoms with Crippen LogP contribution in [0.4, 0.5) is 0 Å². The van der Waals surface area contributed by atoms with Crippen molar-refractivity contribution in [3.63, 3.8) is 0 Å². The Morgan fingerprint density at radius 3 is 2.56 bits per heavy atom. The summed E-state index contributed by atoms with van der Waals surface area (Å²) in [5.41, 5.74) is 1.56. The second-order valence-electron chi connectivity index (χ2n) is 4.07. The van der Waals surface area contributed by atoms with Gasteiger partial charge in [-0.3, -0.25) is 0 Å². The lowest BCUT2D eigenvalue weighted by Crippen LogP contribution is -2.19. The normalized spacial score (nSPS) is 13.4. The fraction of sp³-hybridized carbons (Fsp3) is 0.357. The summed E-state index contributed by atoms with van der Waals surface area (Å²) in [7, 11) is 0. The summed E-state index contributed by atoms with van der Waals surface area (Å²) in [4.78, 5) is 10.8. The van der Waals surface area contributed by atoms with E-state index >= 15 is 0 Å². The van der Waals surface area contributed by atoms with Gasteiger partial charge in [0, 0.05) is 23.2 Å². The van der Waals surface area contributed by atoms with Crippen molar-refractivity contribution in [2.45, 2.75) is 26.3 Å². The van der Waals surface area contributed by atoms with Crippen molar-refractivity contribution in [2.75, 3.05) is 6.54 Å². The van der Waals surface area contributed by atoms with Crippen molar-refractivity contribution in [2.24, 2.45) is 0 Å². The molecule has 0 saturated carbocycles. The predicted molar refractivity (Wildman–Crippen MR) is 73.9 cm³/mol. The number of carbonyl (C=O) groups is 1. The van der Waals surface area contributed by atoms with Crippen LogP contribution in [0.25, 0.3) is 0 Å². The zero-order valence-corrected chi connectivity index (χ0v) is 11.4. The number of hydrogen-bond donors (Lipinski definition) is 2. The standard InChI is InChI=1S/C14H18ClNO2/c1-3-11(14(17)18)8-9-16-10(2)12-4-6-13(15)7-5-12/h4-8,10,16H,3,9H2,1-2H3,(H,17,18)/b11-8-. The lowest BCUT2D eigenvalue weighted by molar-refractivity contribution is -0.132. The summed E-state index contributed by atoms with van der Waals surface area (Å²) < 4.78 is 0. The molecule has 1 aromatic rings. The number of halogens is 1. The van der Waals surface area contributed by atoms with E-state index in [0.29, 0.717) is 23.6 Å². The Balaban J connectivity index is 2.53. The van der Waals surface area contributed by atoms with E-state index < -0.39 is 5.97 Å². The number of rotatable bonds is 6. The molecule has 0 heterocycles. The molecule has 0 bridgehead atoms. The minimum Gasteiger partial charge on any atom is -0.478 e. The molecule has 0 radical (unpaired) electrons. The molecule has 0 amide bonds. The maximum atomic E-state index is 10.8. The Morgan fingerprint density at radius 2 is 2.06 bits per heavy atom. The van der Waals surface area contributed by atoms with E-state index in [2.05, 4.69) is 5.32 Å². The van der Waals surface area contributed by atoms with Gasteiger partial charge in [-0.05, 0) is 31.0 Å². The van der Waals surface area contributed by atoms with E-state index in [1.807, 2.05) is 38.1 Å². The number of carboxylic acid groups (broad SMARTS) is 1. The van der Waals surface area contributed by atoms with E-state index in [-0.39, 0.29) is 6.04 Å². The SMILES string of the molecule is CC/C(=C/CNC(C)c1ccc(Cl)cc1)C(=O)O. The average molecular weight is 268 g/mol. The fourth-order valence-corrected chi connectivity index (χ4v) is 1.74. The van der Waals surface area contributed by atoms with Gasteiger partial charge in [-0.15, -0.1) is 0 Å². The third-order valence-electron chi connectivity index (χ3n) is 2.80. The fourth-order valence-electron chi connectivity index (χ4n) is 1.61. The molecule has 4 heteroatoms. The molecule has 0 fully saturated rings. The lowest BCUT2D eigenvalue weighted by Gasteiger charge is -2.13. The van der Waals surface area contributed by atoms with Gasteiger partial charge >= 0.3 is 5.97 Å². The van der Waals surface area contributed by atoms with Gasteiger partial charge in [-0.25, -0.2) is 4.79 Å². The molecule has 0 aliphatic heterocycles. The number of carboxylic acids is 1. The summed E-state index contributed by atoms with van der Waals surface area (Å²) >= 11 is 5.82. The van der Waals surface area contributed by atoms with Crippen LogP contribution in [0.15, 0.2) is 35.9 Å². The summed E-state index contributed by atoms with van der Waals surface area (Å²) in [6.07, 6.45) is 2.25. The Labute approximate surface area is 112 Å². The van der Waals surface area contributed by atoms with Crippen LogP contribution in [0.5, 0.6) is 0 Å². The second-order valence-corrected chi connectivity index (χ2v) is 4.51. The molecule has 1 unspecified atom stereocenters. The van der Waals surface area contributed by atoms with Crippen molar-refractivity contribution in [3.05, 3.63) is 46.5 Å². The van der Waals surface area contributed by atoms with Crippen LogP contribution in [0.3, 0.4) is 0 Å². The zero-order valence-electron chi connectivity index (χ0n) is 10.6. The number of nitrogens with one attached hydrogen (secondary N) is 1. The van der Waals surface area contributed by atoms with E-state index in [4.69, 9.17) is 16.7 Å². The van der Waals surface area contributed by atoms with Gasteiger partial charge in [0.2, 0.25) is 0 Å². The Bertz CT molecular complexity index is 426. The maximum absolute atomic E-state index is 10.8. The average Bonchev–Trinajstić information content (AvgIpc) is 2.34. The molecular formula is C14H18ClNO2. The summed E-state index contributed by atoms with van der Waals surface area (Å²) in [5, 5.41) is 12.8. The number of hydrogen-bond acceptors (Lipinski definition) is 2. The molecule has 3 nitrogen and oxygen atoms in total. The third-order valence-corrected chi connectivity index (χ3v) is 3.05. The van der Waals surface area contributed by atoms with Gasteiger partial charge < -0.3 is 10.4 Å². The van der Waals surface area contributed by atoms with E-state index in [9.17, 15) is 4.79 Å². The summed E-state index contributed by atoms with van der Waals surface area (Å²) in [6.45, 7) is 4.41. The monoisotopic (exact) mass is 267 g/mol. The number of aliphatic carboxylic acids is 1. The first-order valence-corrected chi connectivity index (χ1v) is 6.33. The van der Waals surface area contributed by atoms with Gasteiger partial charge in [0.1, 0.15) is 0 Å². The molecule has 1 rings (SSSR count). The highest BCUT2D eigenvalue weighted by Gasteiger charge is 2.05. The van der Waals surface area contributed by atoms with E-state index in [1.54, 1.807) is 6.08 Å². The quantitative estimate of drug-likeness (QED) is 0.777. The molecule has 98 valence electrons. The van der Waals surface area contributed by atoms with Gasteiger partial charge in [0.15, 0.2) is 0 Å². The maximum Gasteiger partial charge on any atom is 0.331 e. The minimum absolute atomic E-state index is 0.158. The topological polar surface area (TPSA) is 49.3 Å². The highest BCUT2D eigenvalue weighted by Crippen LogP contribution is 2.15. The Hall–Kier alpha value is -1.32. The predicted octanol–water partition coefficient (Wildman–Crippen LogP) is 3.41. The van der Waals surface area contributed by atoms with Crippen molar-refractivity contribution in [1.82, 2.24) is 5.32 Å². The Morgan fingerprint density at radius 1 is 1.44 bits per heavy atom. The van der Waals surface area contributed by atoms with Gasteiger partial charge in [-0.2, -0.15) is 0 Å². The molecule has 2 N–H and O–H groups in total. The van der Waals surface area contributed by atoms with Gasteiger partial charge in [0.25, 0.3) is 0 Å². The van der Waals surface area contributed by atoms with Crippen LogP contribution in [0, 0.1) is 0 Å². The second kappa shape index (κ2) is 7.19. The van der Waals surface area contributed by atoms with Crippen molar-refractivity contribution in [1.29, 1.82) is 0 Å². The lowest BCUT2D eigenvalue weighted by atomic mass is 10.1. The number of benzene rings is 1. The van der Waals surface area contributed by atoms with Crippen molar-refractivity contribution >= 4 is 17.6 Å². The summed E-state index contributed by atoms with van der Waals surface area (Å²) in [5.74, 6) is -0.849. The molecule has 1 atom stereocenters. The highest BCUT2D eigenvalue weighted by atomic mass is 35.5. The Kier molecular flexibility index (Phi) is 5.89. The van der Waals surface area contributed by atoms with Crippen LogP contribution in [-0.2, 0) is 4.79 Å². The van der Waals surface area contributed by atoms with Crippen LogP contribution < -0.4 is 5.32 Å². The van der Waals surface area contributed by atoms with E-state index in [0.717, 1.165) is 5.56 Å². The third kappa shape index (κ3) is 4.51. The molecule has 0 aliphatic rings. The zero-order chi connectivity index (χ0) is 13.5. The van der Waals surface area contributed by atoms with Crippen LogP contribution in [0.2, 0.25) is 5.02 Å². The van der Waals surface area contributed by atoms with Crippen molar-refractivity contribution < 1.29 is 9.90 Å². The first-order valence-electron chi connectivity index (χ1n) is 5.95. The largest absolute Gasteiger partial charge is 0.478 e. The molecule has 0 aliphatic carbocycles.